The van der Waals surface area contributed by atoms with Crippen molar-refractivity contribution in [2.75, 3.05) is 25.5 Å². The van der Waals surface area contributed by atoms with Gasteiger partial charge >= 0.3 is 5.82 Å². The number of hydrogen-bond donors (Lipinski definition) is 1. The van der Waals surface area contributed by atoms with Crippen LogP contribution in [-0.4, -0.2) is 41.0 Å². The van der Waals surface area contributed by atoms with Gasteiger partial charge in [0.05, 0.1) is 0 Å². The summed E-state index contributed by atoms with van der Waals surface area (Å²) in [4.78, 5) is 16.1. The fourth-order valence-corrected chi connectivity index (χ4v) is 1.31. The minimum atomic E-state index is -0.478. The van der Waals surface area contributed by atoms with Crippen LogP contribution in [0.15, 0.2) is 18.3 Å². The van der Waals surface area contributed by atoms with Gasteiger partial charge in [-0.3, -0.25) is 0 Å². The first-order valence-corrected chi connectivity index (χ1v) is 5.56. The van der Waals surface area contributed by atoms with Crippen LogP contribution in [0.2, 0.25) is 0 Å². The molecule has 1 aromatic heterocycles. The molecule has 0 spiro atoms. The monoisotopic (exact) mass is 238 g/mol. The number of nitro groups is 1. The number of hydrogen-bond acceptors (Lipinski definition) is 5. The van der Waals surface area contributed by atoms with Crippen LogP contribution in [0.1, 0.15) is 13.8 Å². The highest BCUT2D eigenvalue weighted by Crippen LogP contribution is 2.19. The summed E-state index contributed by atoms with van der Waals surface area (Å²) in [6, 6.07) is 3.81. The van der Waals surface area contributed by atoms with Crippen molar-refractivity contribution in [2.24, 2.45) is 0 Å². The molecule has 0 aliphatic rings. The second kappa shape index (κ2) is 6.15. The van der Waals surface area contributed by atoms with Crippen LogP contribution in [0.3, 0.4) is 0 Å². The first-order chi connectivity index (χ1) is 8.02. The van der Waals surface area contributed by atoms with Crippen LogP contribution >= 0.6 is 0 Å². The van der Waals surface area contributed by atoms with Gasteiger partial charge in [0.15, 0.2) is 0 Å². The van der Waals surface area contributed by atoms with Crippen LogP contribution in [-0.2, 0) is 0 Å². The van der Waals surface area contributed by atoms with Crippen molar-refractivity contribution in [3.8, 4) is 0 Å². The highest BCUT2D eigenvalue weighted by atomic mass is 16.6. The molecule has 0 aliphatic heterocycles. The first kappa shape index (κ1) is 13.4. The Morgan fingerprint density at radius 3 is 2.88 bits per heavy atom. The number of rotatable bonds is 6. The molecule has 0 saturated heterocycles. The molecule has 0 fully saturated rings. The standard InChI is InChI=1S/C11H18N4O2/c1-9(2)14(3)8-7-12-10-5-4-6-13-11(10)15(16)17/h4-6,9,12H,7-8H2,1-3H3. The Labute approximate surface area is 101 Å². The number of nitrogens with zero attached hydrogens (tertiary/aromatic N) is 3. The van der Waals surface area contributed by atoms with E-state index in [1.54, 1.807) is 12.1 Å². The average molecular weight is 238 g/mol. The van der Waals surface area contributed by atoms with Crippen molar-refractivity contribution < 1.29 is 4.92 Å². The number of aromatic nitrogens is 1. The highest BCUT2D eigenvalue weighted by Gasteiger charge is 2.13. The Bertz CT molecular complexity index is 381. The third kappa shape index (κ3) is 3.99. The van der Waals surface area contributed by atoms with E-state index >= 15 is 0 Å². The number of nitrogens with one attached hydrogen (secondary N) is 1. The zero-order valence-corrected chi connectivity index (χ0v) is 10.4. The Balaban J connectivity index is 2.55. The minimum absolute atomic E-state index is 0.125. The third-order valence-corrected chi connectivity index (χ3v) is 2.62. The number of likely N-dealkylation sites (N-methyl/N-ethyl adjacent to an activating group) is 1. The summed E-state index contributed by atoms with van der Waals surface area (Å²) < 4.78 is 0. The normalized spacial score (nSPS) is 10.9. The second-order valence-electron chi connectivity index (χ2n) is 4.13. The molecule has 6 nitrogen and oxygen atoms in total. The zero-order valence-electron chi connectivity index (χ0n) is 10.4. The Morgan fingerprint density at radius 1 is 1.59 bits per heavy atom. The topological polar surface area (TPSA) is 71.3 Å². The molecule has 0 amide bonds. The molecule has 0 unspecified atom stereocenters. The second-order valence-corrected chi connectivity index (χ2v) is 4.13. The van der Waals surface area contributed by atoms with Crippen LogP contribution < -0.4 is 5.32 Å². The molecule has 0 bridgehead atoms. The predicted molar refractivity (Wildman–Crippen MR) is 67.1 cm³/mol. The summed E-state index contributed by atoms with van der Waals surface area (Å²) in [5.74, 6) is -0.125. The maximum Gasteiger partial charge on any atom is 0.386 e. The van der Waals surface area contributed by atoms with Gasteiger partial charge in [0, 0.05) is 19.1 Å². The molecule has 94 valence electrons. The van der Waals surface area contributed by atoms with E-state index in [-0.39, 0.29) is 5.82 Å². The molecule has 0 saturated carbocycles. The Morgan fingerprint density at radius 2 is 2.29 bits per heavy atom. The maximum atomic E-state index is 10.7. The summed E-state index contributed by atoms with van der Waals surface area (Å²) in [6.45, 7) is 5.68. The van der Waals surface area contributed by atoms with Crippen LogP contribution in [0.4, 0.5) is 11.5 Å². The van der Waals surface area contributed by atoms with Gasteiger partial charge in [0.25, 0.3) is 0 Å². The average Bonchev–Trinajstić information content (AvgIpc) is 2.29. The van der Waals surface area contributed by atoms with E-state index in [2.05, 4.69) is 29.0 Å². The lowest BCUT2D eigenvalue weighted by Gasteiger charge is -2.21. The fourth-order valence-electron chi connectivity index (χ4n) is 1.31. The smallest absolute Gasteiger partial charge is 0.377 e. The quantitative estimate of drug-likeness (QED) is 0.603. The van der Waals surface area contributed by atoms with Crippen molar-refractivity contribution in [1.29, 1.82) is 0 Å². The Kier molecular flexibility index (Phi) is 4.84. The van der Waals surface area contributed by atoms with Crippen LogP contribution in [0, 0.1) is 10.1 Å². The molecule has 6 heteroatoms. The lowest BCUT2D eigenvalue weighted by Crippen LogP contribution is -2.31. The van der Waals surface area contributed by atoms with E-state index in [0.29, 0.717) is 18.3 Å². The lowest BCUT2D eigenvalue weighted by molar-refractivity contribution is -0.388. The number of anilines is 1. The zero-order chi connectivity index (χ0) is 12.8. The van der Waals surface area contributed by atoms with Crippen molar-refractivity contribution >= 4 is 11.5 Å². The third-order valence-electron chi connectivity index (χ3n) is 2.62. The van der Waals surface area contributed by atoms with E-state index in [1.807, 2.05) is 7.05 Å². The molecule has 0 radical (unpaired) electrons. The van der Waals surface area contributed by atoms with E-state index in [9.17, 15) is 10.1 Å². The van der Waals surface area contributed by atoms with Crippen LogP contribution in [0.25, 0.3) is 0 Å². The van der Waals surface area contributed by atoms with Gasteiger partial charge < -0.3 is 20.3 Å². The molecule has 1 heterocycles. The summed E-state index contributed by atoms with van der Waals surface area (Å²) in [7, 11) is 2.02. The molecule has 1 N–H and O–H groups in total. The van der Waals surface area contributed by atoms with E-state index < -0.39 is 4.92 Å². The molecular formula is C11H18N4O2. The summed E-state index contributed by atoms with van der Waals surface area (Å²) in [5, 5.41) is 13.8. The van der Waals surface area contributed by atoms with Gasteiger partial charge in [0.2, 0.25) is 0 Å². The van der Waals surface area contributed by atoms with Crippen molar-refractivity contribution in [3.05, 3.63) is 28.4 Å². The SMILES string of the molecule is CC(C)N(C)CCNc1cccnc1[N+](=O)[O-]. The fraction of sp³-hybridized carbons (Fsp3) is 0.545. The summed E-state index contributed by atoms with van der Waals surface area (Å²) >= 11 is 0. The molecule has 0 aliphatic carbocycles. The van der Waals surface area contributed by atoms with E-state index in [4.69, 9.17) is 0 Å². The van der Waals surface area contributed by atoms with Crippen molar-refractivity contribution in [2.45, 2.75) is 19.9 Å². The lowest BCUT2D eigenvalue weighted by atomic mass is 10.3. The van der Waals surface area contributed by atoms with Gasteiger partial charge in [-0.15, -0.1) is 0 Å². The molecule has 17 heavy (non-hydrogen) atoms. The molecule has 0 aromatic carbocycles. The van der Waals surface area contributed by atoms with Gasteiger partial charge in [-0.2, -0.15) is 0 Å². The molecule has 0 atom stereocenters. The largest absolute Gasteiger partial charge is 0.386 e. The maximum absolute atomic E-state index is 10.7. The molecular weight excluding hydrogens is 220 g/mol. The Hall–Kier alpha value is -1.69. The van der Waals surface area contributed by atoms with E-state index in [1.165, 1.54) is 6.20 Å². The number of pyridine rings is 1. The van der Waals surface area contributed by atoms with Gasteiger partial charge in [0.1, 0.15) is 11.9 Å². The molecule has 1 rings (SSSR count). The summed E-state index contributed by atoms with van der Waals surface area (Å²) in [6.07, 6.45) is 1.42. The summed E-state index contributed by atoms with van der Waals surface area (Å²) in [5.41, 5.74) is 0.467. The predicted octanol–water partition coefficient (Wildman–Crippen LogP) is 1.74. The van der Waals surface area contributed by atoms with Gasteiger partial charge in [-0.05, 0) is 42.9 Å². The van der Waals surface area contributed by atoms with Crippen molar-refractivity contribution in [3.63, 3.8) is 0 Å². The molecule has 1 aromatic rings. The van der Waals surface area contributed by atoms with E-state index in [0.717, 1.165) is 6.54 Å². The van der Waals surface area contributed by atoms with Gasteiger partial charge in [-0.25, -0.2) is 0 Å². The minimum Gasteiger partial charge on any atom is -0.377 e. The van der Waals surface area contributed by atoms with Crippen molar-refractivity contribution in [1.82, 2.24) is 9.88 Å². The first-order valence-electron chi connectivity index (χ1n) is 5.56. The van der Waals surface area contributed by atoms with Crippen LogP contribution in [0.5, 0.6) is 0 Å². The highest BCUT2D eigenvalue weighted by molar-refractivity contribution is 5.56. The van der Waals surface area contributed by atoms with Gasteiger partial charge in [-0.1, -0.05) is 0 Å².